The van der Waals surface area contributed by atoms with E-state index in [9.17, 15) is 9.59 Å². The molecule has 1 radical (unpaired) electrons. The van der Waals surface area contributed by atoms with Gasteiger partial charge in [-0.3, -0.25) is 9.59 Å². The van der Waals surface area contributed by atoms with Gasteiger partial charge in [0, 0.05) is 0 Å². The Kier molecular flexibility index (Phi) is 4.60. The largest absolute Gasteiger partial charge is 0.469 e. The second kappa shape index (κ2) is 4.98. The zero-order valence-electron chi connectivity index (χ0n) is 9.34. The van der Waals surface area contributed by atoms with E-state index >= 15 is 0 Å². The summed E-state index contributed by atoms with van der Waals surface area (Å²) in [6.45, 7) is 6.88. The maximum atomic E-state index is 11.2. The Morgan fingerprint density at radius 2 is 1.71 bits per heavy atom. The lowest BCUT2D eigenvalue weighted by molar-refractivity contribution is -0.156. The van der Waals surface area contributed by atoms with E-state index in [1.807, 2.05) is 0 Å². The van der Waals surface area contributed by atoms with Crippen molar-refractivity contribution in [1.82, 2.24) is 0 Å². The molecule has 0 saturated carbocycles. The first-order valence-corrected chi connectivity index (χ1v) is 4.39. The van der Waals surface area contributed by atoms with E-state index in [4.69, 9.17) is 4.74 Å². The maximum absolute atomic E-state index is 11.2. The molecule has 81 valence electrons. The molecule has 0 aliphatic rings. The Hall–Kier alpha value is -1.06. The predicted octanol–water partition coefficient (Wildman–Crippen LogP) is 1.49. The molecule has 4 heteroatoms. The van der Waals surface area contributed by atoms with E-state index in [2.05, 4.69) is 4.74 Å². The second-order valence-corrected chi connectivity index (χ2v) is 4.04. The van der Waals surface area contributed by atoms with Crippen molar-refractivity contribution in [3.63, 3.8) is 0 Å². The number of ether oxygens (including phenoxy) is 2. The van der Waals surface area contributed by atoms with Gasteiger partial charge in [-0.1, -0.05) is 0 Å². The van der Waals surface area contributed by atoms with Crippen molar-refractivity contribution >= 4 is 11.9 Å². The van der Waals surface area contributed by atoms with Crippen LogP contribution in [0.25, 0.3) is 0 Å². The zero-order chi connectivity index (χ0) is 11.4. The van der Waals surface area contributed by atoms with Crippen LogP contribution < -0.4 is 0 Å². The highest BCUT2D eigenvalue weighted by molar-refractivity contribution is 5.89. The summed E-state index contributed by atoms with van der Waals surface area (Å²) in [5.41, 5.74) is -0.520. The molecule has 0 bridgehead atoms. The van der Waals surface area contributed by atoms with E-state index in [0.717, 1.165) is 0 Å². The van der Waals surface area contributed by atoms with Crippen molar-refractivity contribution in [3.8, 4) is 0 Å². The molecule has 0 aromatic rings. The van der Waals surface area contributed by atoms with E-state index in [1.54, 1.807) is 27.7 Å². The Balaban J connectivity index is 4.01. The fourth-order valence-electron chi connectivity index (χ4n) is 0.840. The van der Waals surface area contributed by atoms with Gasteiger partial charge in [-0.25, -0.2) is 0 Å². The maximum Gasteiger partial charge on any atom is 0.313 e. The molecule has 0 aromatic carbocycles. The molecule has 0 aliphatic carbocycles. The summed E-state index contributed by atoms with van der Waals surface area (Å²) >= 11 is 0. The van der Waals surface area contributed by atoms with Gasteiger partial charge in [0.1, 0.15) is 5.60 Å². The topological polar surface area (TPSA) is 52.6 Å². The molecule has 0 rings (SSSR count). The molecule has 0 saturated heterocycles. The zero-order valence-corrected chi connectivity index (χ0v) is 9.34. The van der Waals surface area contributed by atoms with Gasteiger partial charge in [-0.2, -0.15) is 0 Å². The van der Waals surface area contributed by atoms with Crippen molar-refractivity contribution < 1.29 is 19.1 Å². The van der Waals surface area contributed by atoms with Gasteiger partial charge in [-0.05, 0) is 27.7 Å². The highest BCUT2D eigenvalue weighted by Crippen LogP contribution is 2.13. The summed E-state index contributed by atoms with van der Waals surface area (Å²) in [7, 11) is 1.28. The van der Waals surface area contributed by atoms with Crippen LogP contribution in [0.2, 0.25) is 0 Å². The quantitative estimate of drug-likeness (QED) is 0.649. The number of hydrogen-bond acceptors (Lipinski definition) is 4. The number of methoxy groups -OCH3 is 1. The van der Waals surface area contributed by atoms with Crippen molar-refractivity contribution in [2.45, 2.75) is 39.7 Å². The van der Waals surface area contributed by atoms with E-state index in [1.165, 1.54) is 7.11 Å². The fourth-order valence-corrected chi connectivity index (χ4v) is 0.840. The monoisotopic (exact) mass is 201 g/mol. The summed E-state index contributed by atoms with van der Waals surface area (Å²) in [6.07, 6.45) is -0.0239. The van der Waals surface area contributed by atoms with Gasteiger partial charge >= 0.3 is 11.9 Å². The second-order valence-electron chi connectivity index (χ2n) is 4.04. The van der Waals surface area contributed by atoms with E-state index in [-0.39, 0.29) is 6.42 Å². The minimum absolute atomic E-state index is 0.0239. The molecule has 0 spiro atoms. The Labute approximate surface area is 84.6 Å². The molecule has 0 heterocycles. The molecule has 4 nitrogen and oxygen atoms in total. The normalized spacial score (nSPS) is 11.3. The predicted molar refractivity (Wildman–Crippen MR) is 51.4 cm³/mol. The number of carbonyl (C=O) groups is 2. The van der Waals surface area contributed by atoms with Crippen LogP contribution in [0.15, 0.2) is 0 Å². The molecule has 0 aliphatic heterocycles. The lowest BCUT2D eigenvalue weighted by atomic mass is 10.1. The van der Waals surface area contributed by atoms with Gasteiger partial charge in [0.2, 0.25) is 0 Å². The number of esters is 2. The molecule has 0 aromatic heterocycles. The Bertz CT molecular complexity index is 215. The molecule has 14 heavy (non-hydrogen) atoms. The Morgan fingerprint density at radius 3 is 2.07 bits per heavy atom. The molecule has 0 amide bonds. The van der Waals surface area contributed by atoms with Crippen LogP contribution in [0, 0.1) is 5.92 Å². The number of rotatable bonds is 3. The van der Waals surface area contributed by atoms with Crippen molar-refractivity contribution in [3.05, 3.63) is 5.92 Å². The summed E-state index contributed by atoms with van der Waals surface area (Å²) in [5, 5.41) is 0. The fraction of sp³-hybridized carbons (Fsp3) is 0.700. The lowest BCUT2D eigenvalue weighted by Crippen LogP contribution is -2.26. The summed E-state index contributed by atoms with van der Waals surface area (Å²) in [5.74, 6) is -0.544. The number of carbonyl (C=O) groups excluding carboxylic acids is 2. The minimum Gasteiger partial charge on any atom is -0.469 e. The summed E-state index contributed by atoms with van der Waals surface area (Å²) in [4.78, 5) is 22.2. The molecular weight excluding hydrogens is 184 g/mol. The average Bonchev–Trinajstić information content (AvgIpc) is 1.99. The average molecular weight is 201 g/mol. The first kappa shape index (κ1) is 12.9. The van der Waals surface area contributed by atoms with Gasteiger partial charge in [0.15, 0.2) is 0 Å². The standard InChI is InChI=1S/C10H17O4/c1-7(9(12)13-5)6-8(11)14-10(2,3)4/h6H2,1-5H3. The molecule has 0 unspecified atom stereocenters. The van der Waals surface area contributed by atoms with E-state index < -0.39 is 17.5 Å². The first-order chi connectivity index (χ1) is 6.26. The minimum atomic E-state index is -0.520. The van der Waals surface area contributed by atoms with Crippen LogP contribution in [0.3, 0.4) is 0 Å². The highest BCUT2D eigenvalue weighted by atomic mass is 16.6. The van der Waals surface area contributed by atoms with Gasteiger partial charge in [-0.15, -0.1) is 0 Å². The van der Waals surface area contributed by atoms with Crippen LogP contribution in [0.4, 0.5) is 0 Å². The van der Waals surface area contributed by atoms with Crippen LogP contribution in [-0.2, 0) is 19.1 Å². The highest BCUT2D eigenvalue weighted by Gasteiger charge is 2.22. The third kappa shape index (κ3) is 5.56. The summed E-state index contributed by atoms with van der Waals surface area (Å²) in [6, 6.07) is 0. The molecular formula is C10H17O4. The van der Waals surface area contributed by atoms with Gasteiger partial charge < -0.3 is 9.47 Å². The molecule has 0 atom stereocenters. The molecule has 0 N–H and O–H groups in total. The smallest absolute Gasteiger partial charge is 0.313 e. The summed E-state index contributed by atoms with van der Waals surface area (Å²) < 4.78 is 9.49. The number of hydrogen-bond donors (Lipinski definition) is 0. The van der Waals surface area contributed by atoms with Crippen LogP contribution in [0.1, 0.15) is 34.1 Å². The van der Waals surface area contributed by atoms with Gasteiger partial charge in [0.25, 0.3) is 0 Å². The van der Waals surface area contributed by atoms with Crippen molar-refractivity contribution in [2.75, 3.05) is 7.11 Å². The Morgan fingerprint density at radius 1 is 1.21 bits per heavy atom. The van der Waals surface area contributed by atoms with Gasteiger partial charge in [0.05, 0.1) is 19.4 Å². The van der Waals surface area contributed by atoms with Crippen LogP contribution in [-0.4, -0.2) is 24.6 Å². The van der Waals surface area contributed by atoms with Crippen LogP contribution >= 0.6 is 0 Å². The third-order valence-electron chi connectivity index (χ3n) is 1.36. The molecule has 0 fully saturated rings. The third-order valence-corrected chi connectivity index (χ3v) is 1.36. The lowest BCUT2D eigenvalue weighted by Gasteiger charge is -2.20. The van der Waals surface area contributed by atoms with Crippen molar-refractivity contribution in [1.29, 1.82) is 0 Å². The van der Waals surface area contributed by atoms with Crippen LogP contribution in [0.5, 0.6) is 0 Å². The van der Waals surface area contributed by atoms with E-state index in [0.29, 0.717) is 5.92 Å². The van der Waals surface area contributed by atoms with Crippen molar-refractivity contribution in [2.24, 2.45) is 0 Å². The SMILES string of the molecule is COC(=O)[C](C)CC(=O)OC(C)(C)C. The first-order valence-electron chi connectivity index (χ1n) is 4.39.